The summed E-state index contributed by atoms with van der Waals surface area (Å²) in [5, 5.41) is 9.39. The maximum atomic E-state index is 12.7. The van der Waals surface area contributed by atoms with Gasteiger partial charge in [0.05, 0.1) is 11.7 Å². The Kier molecular flexibility index (Phi) is 4.18. The Morgan fingerprint density at radius 2 is 2.06 bits per heavy atom. The zero-order valence-corrected chi connectivity index (χ0v) is 11.7. The summed E-state index contributed by atoms with van der Waals surface area (Å²) in [6, 6.07) is 4.08. The van der Waals surface area contributed by atoms with Crippen LogP contribution in [0.2, 0.25) is 0 Å². The summed E-state index contributed by atoms with van der Waals surface area (Å²) in [6.45, 7) is 1.72. The van der Waals surface area contributed by atoms with Crippen LogP contribution in [-0.4, -0.2) is 29.2 Å². The lowest BCUT2D eigenvalue weighted by Crippen LogP contribution is -2.21. The van der Waals surface area contributed by atoms with Crippen LogP contribution in [0.5, 0.6) is 0 Å². The van der Waals surface area contributed by atoms with Gasteiger partial charge in [0, 0.05) is 23.2 Å². The SMILES string of the molecule is O[C@@H]1CCN(Cc2cc(I)cc(C(F)(F)F)c2)C1. The van der Waals surface area contributed by atoms with Gasteiger partial charge in [-0.25, -0.2) is 0 Å². The van der Waals surface area contributed by atoms with Crippen molar-refractivity contribution in [3.8, 4) is 0 Å². The van der Waals surface area contributed by atoms with Crippen LogP contribution < -0.4 is 0 Å². The monoisotopic (exact) mass is 371 g/mol. The van der Waals surface area contributed by atoms with Crippen molar-refractivity contribution in [3.63, 3.8) is 0 Å². The van der Waals surface area contributed by atoms with Gasteiger partial charge < -0.3 is 5.11 Å². The maximum Gasteiger partial charge on any atom is 0.416 e. The van der Waals surface area contributed by atoms with Crippen LogP contribution in [0, 0.1) is 3.57 Å². The van der Waals surface area contributed by atoms with Crippen LogP contribution in [0.4, 0.5) is 13.2 Å². The second kappa shape index (κ2) is 5.34. The summed E-state index contributed by atoms with van der Waals surface area (Å²) in [4.78, 5) is 1.97. The molecule has 1 aromatic rings. The number of hydrogen-bond donors (Lipinski definition) is 1. The molecule has 100 valence electrons. The lowest BCUT2D eigenvalue weighted by molar-refractivity contribution is -0.137. The first kappa shape index (κ1) is 14.1. The molecule has 0 aromatic heterocycles. The van der Waals surface area contributed by atoms with E-state index in [4.69, 9.17) is 0 Å². The third-order valence-electron chi connectivity index (χ3n) is 2.94. The van der Waals surface area contributed by atoms with Gasteiger partial charge in [-0.15, -0.1) is 0 Å². The van der Waals surface area contributed by atoms with Gasteiger partial charge in [-0.3, -0.25) is 4.90 Å². The van der Waals surface area contributed by atoms with E-state index >= 15 is 0 Å². The minimum Gasteiger partial charge on any atom is -0.392 e. The average Bonchev–Trinajstić information content (AvgIpc) is 2.61. The van der Waals surface area contributed by atoms with Gasteiger partial charge in [0.25, 0.3) is 0 Å². The van der Waals surface area contributed by atoms with E-state index in [2.05, 4.69) is 0 Å². The molecule has 0 bridgehead atoms. The number of β-amino-alcohol motifs (C(OH)–C–C–N with tert-alkyl or cyclic N) is 1. The van der Waals surface area contributed by atoms with Crippen molar-refractivity contribution in [2.75, 3.05) is 13.1 Å². The Balaban J connectivity index is 2.15. The molecule has 0 unspecified atom stereocenters. The van der Waals surface area contributed by atoms with Crippen LogP contribution in [-0.2, 0) is 12.7 Å². The molecule has 0 radical (unpaired) electrons. The van der Waals surface area contributed by atoms with E-state index in [1.54, 1.807) is 6.07 Å². The van der Waals surface area contributed by atoms with E-state index in [1.165, 1.54) is 6.07 Å². The van der Waals surface area contributed by atoms with Crippen molar-refractivity contribution in [2.24, 2.45) is 0 Å². The quantitative estimate of drug-likeness (QED) is 0.809. The molecule has 6 heteroatoms. The highest BCUT2D eigenvalue weighted by Gasteiger charge is 2.31. The standard InChI is InChI=1S/C12H13F3INO/c13-12(14,15)9-3-8(4-10(16)5-9)6-17-2-1-11(18)7-17/h3-5,11,18H,1-2,6-7H2/t11-/m1/s1. The summed E-state index contributed by atoms with van der Waals surface area (Å²) < 4.78 is 38.6. The number of aliphatic hydroxyl groups excluding tert-OH is 1. The van der Waals surface area contributed by atoms with Crippen LogP contribution in [0.3, 0.4) is 0 Å². The number of nitrogens with zero attached hydrogens (tertiary/aromatic N) is 1. The molecule has 2 rings (SSSR count). The van der Waals surface area contributed by atoms with Crippen molar-refractivity contribution in [3.05, 3.63) is 32.9 Å². The number of alkyl halides is 3. The van der Waals surface area contributed by atoms with Crippen LogP contribution in [0.1, 0.15) is 17.5 Å². The molecule has 0 spiro atoms. The van der Waals surface area contributed by atoms with Crippen molar-refractivity contribution in [1.29, 1.82) is 0 Å². The molecule has 1 aliphatic heterocycles. The predicted molar refractivity (Wildman–Crippen MR) is 70.1 cm³/mol. The van der Waals surface area contributed by atoms with Crippen molar-refractivity contribution < 1.29 is 18.3 Å². The fourth-order valence-electron chi connectivity index (χ4n) is 2.12. The highest BCUT2D eigenvalue weighted by molar-refractivity contribution is 14.1. The Bertz CT molecular complexity index is 436. The second-order valence-corrected chi connectivity index (χ2v) is 5.77. The normalized spacial score (nSPS) is 21.5. The first-order valence-electron chi connectivity index (χ1n) is 5.61. The van der Waals surface area contributed by atoms with E-state index < -0.39 is 11.7 Å². The average molecular weight is 371 g/mol. The molecule has 0 saturated carbocycles. The number of rotatable bonds is 2. The third kappa shape index (κ3) is 3.58. The van der Waals surface area contributed by atoms with Gasteiger partial charge in [0.15, 0.2) is 0 Å². The molecule has 18 heavy (non-hydrogen) atoms. The molecule has 1 saturated heterocycles. The summed E-state index contributed by atoms with van der Waals surface area (Å²) in [5.41, 5.74) is 0.0347. The Hall–Kier alpha value is -0.340. The van der Waals surface area contributed by atoms with Crippen LogP contribution in [0.15, 0.2) is 18.2 Å². The van der Waals surface area contributed by atoms with E-state index in [0.717, 1.165) is 12.6 Å². The van der Waals surface area contributed by atoms with Crippen molar-refractivity contribution in [2.45, 2.75) is 25.2 Å². The Labute approximate surface area is 117 Å². The highest BCUT2D eigenvalue weighted by Crippen LogP contribution is 2.31. The third-order valence-corrected chi connectivity index (χ3v) is 3.56. The lowest BCUT2D eigenvalue weighted by atomic mass is 10.1. The first-order valence-corrected chi connectivity index (χ1v) is 6.69. The number of hydrogen-bond acceptors (Lipinski definition) is 2. The summed E-state index contributed by atoms with van der Waals surface area (Å²) >= 11 is 1.89. The van der Waals surface area contributed by atoms with E-state index in [-0.39, 0.29) is 6.10 Å². The van der Waals surface area contributed by atoms with Gasteiger partial charge >= 0.3 is 6.18 Å². The predicted octanol–water partition coefficient (Wildman–Crippen LogP) is 2.88. The number of halogens is 4. The topological polar surface area (TPSA) is 23.5 Å². The smallest absolute Gasteiger partial charge is 0.392 e. The molecule has 0 amide bonds. The van der Waals surface area contributed by atoms with Crippen molar-refractivity contribution >= 4 is 22.6 Å². The Morgan fingerprint density at radius 1 is 1.33 bits per heavy atom. The molecule has 1 atom stereocenters. The largest absolute Gasteiger partial charge is 0.416 e. The van der Waals surface area contributed by atoms with Gasteiger partial charge in [0.1, 0.15) is 0 Å². The minimum absolute atomic E-state index is 0.352. The zero-order valence-electron chi connectivity index (χ0n) is 9.54. The summed E-state index contributed by atoms with van der Waals surface area (Å²) in [7, 11) is 0. The Morgan fingerprint density at radius 3 is 2.61 bits per heavy atom. The molecule has 1 heterocycles. The molecule has 1 N–H and O–H groups in total. The number of aliphatic hydroxyl groups is 1. The molecule has 1 aliphatic rings. The molecule has 1 aromatic carbocycles. The molecule has 2 nitrogen and oxygen atoms in total. The first-order chi connectivity index (χ1) is 8.34. The minimum atomic E-state index is -4.31. The van der Waals surface area contributed by atoms with Crippen molar-refractivity contribution in [1.82, 2.24) is 4.90 Å². The second-order valence-electron chi connectivity index (χ2n) is 4.52. The van der Waals surface area contributed by atoms with Gasteiger partial charge in [-0.2, -0.15) is 13.2 Å². The summed E-state index contributed by atoms with van der Waals surface area (Å²) in [5.74, 6) is 0. The highest BCUT2D eigenvalue weighted by atomic mass is 127. The van der Waals surface area contributed by atoms with E-state index in [9.17, 15) is 18.3 Å². The van der Waals surface area contributed by atoms with Crippen LogP contribution >= 0.6 is 22.6 Å². The van der Waals surface area contributed by atoms with Crippen LogP contribution in [0.25, 0.3) is 0 Å². The number of likely N-dealkylation sites (tertiary alicyclic amines) is 1. The lowest BCUT2D eigenvalue weighted by Gasteiger charge is -2.16. The van der Waals surface area contributed by atoms with Gasteiger partial charge in [-0.05, 0) is 52.8 Å². The number of benzene rings is 1. The molecule has 1 fully saturated rings. The zero-order chi connectivity index (χ0) is 13.3. The van der Waals surface area contributed by atoms with Gasteiger partial charge in [-0.1, -0.05) is 0 Å². The molecular weight excluding hydrogens is 358 g/mol. The van der Waals surface area contributed by atoms with E-state index in [1.807, 2.05) is 27.5 Å². The summed E-state index contributed by atoms with van der Waals surface area (Å²) in [6.07, 6.45) is -3.97. The fourth-order valence-corrected chi connectivity index (χ4v) is 2.85. The van der Waals surface area contributed by atoms with E-state index in [0.29, 0.717) is 28.6 Å². The molecular formula is C12H13F3INO. The fraction of sp³-hybridized carbons (Fsp3) is 0.500. The maximum absolute atomic E-state index is 12.7. The van der Waals surface area contributed by atoms with Gasteiger partial charge in [0.2, 0.25) is 0 Å². The molecule has 0 aliphatic carbocycles.